The molecule has 0 amide bonds. The van der Waals surface area contributed by atoms with E-state index < -0.39 is 11.9 Å². The van der Waals surface area contributed by atoms with Crippen molar-refractivity contribution in [2.45, 2.75) is 13.0 Å². The second-order valence-electron chi connectivity index (χ2n) is 7.14. The van der Waals surface area contributed by atoms with Crippen molar-refractivity contribution in [2.24, 2.45) is 0 Å². The number of nitrogens with zero attached hydrogens (tertiary/aromatic N) is 5. The summed E-state index contributed by atoms with van der Waals surface area (Å²) in [5.74, 6) is -1.06. The maximum Gasteiger partial charge on any atom is 0.223 e. The second kappa shape index (κ2) is 7.42. The van der Waals surface area contributed by atoms with E-state index in [9.17, 15) is 8.78 Å². The Morgan fingerprint density at radius 1 is 1.10 bits per heavy atom. The van der Waals surface area contributed by atoms with Crippen molar-refractivity contribution >= 4 is 16.7 Å². The van der Waals surface area contributed by atoms with Crippen LogP contribution in [0.25, 0.3) is 33.4 Å². The third-order valence-electron chi connectivity index (χ3n) is 5.24. The van der Waals surface area contributed by atoms with E-state index in [4.69, 9.17) is 9.72 Å². The number of hydrogen-bond acceptors (Lipinski definition) is 6. The molecule has 0 saturated carbocycles. The second-order valence-corrected chi connectivity index (χ2v) is 7.14. The zero-order valence-electron chi connectivity index (χ0n) is 16.1. The number of morpholine rings is 1. The van der Waals surface area contributed by atoms with Crippen LogP contribution in [-0.4, -0.2) is 50.9 Å². The molecule has 0 spiro atoms. The number of rotatable bonds is 3. The van der Waals surface area contributed by atoms with Crippen LogP contribution >= 0.6 is 0 Å². The minimum atomic E-state index is -0.872. The van der Waals surface area contributed by atoms with Gasteiger partial charge in [-0.15, -0.1) is 0 Å². The van der Waals surface area contributed by atoms with E-state index in [0.29, 0.717) is 53.4 Å². The summed E-state index contributed by atoms with van der Waals surface area (Å²) >= 11 is 0. The molecule has 30 heavy (non-hydrogen) atoms. The van der Waals surface area contributed by atoms with E-state index in [1.807, 2.05) is 13.0 Å². The summed E-state index contributed by atoms with van der Waals surface area (Å²) in [6.07, 6.45) is 3.27. The number of anilines is 1. The van der Waals surface area contributed by atoms with E-state index in [-0.39, 0.29) is 11.6 Å². The Morgan fingerprint density at radius 3 is 2.77 bits per heavy atom. The quantitative estimate of drug-likeness (QED) is 0.522. The van der Waals surface area contributed by atoms with Crippen molar-refractivity contribution in [2.75, 3.05) is 24.7 Å². The molecular weight excluding hydrogens is 390 g/mol. The first kappa shape index (κ1) is 18.6. The molecule has 1 aliphatic heterocycles. The van der Waals surface area contributed by atoms with Crippen molar-refractivity contribution in [3.8, 4) is 22.5 Å². The molecular formula is C21H18F2N6O. The number of ether oxygens (including phenoxy) is 1. The average Bonchev–Trinajstić information content (AvgIpc) is 3.28. The number of halogens is 2. The largest absolute Gasteiger partial charge is 0.377 e. The number of aromatic amines is 1. The van der Waals surface area contributed by atoms with Crippen molar-refractivity contribution < 1.29 is 13.5 Å². The highest BCUT2D eigenvalue weighted by atomic mass is 19.1. The summed E-state index contributed by atoms with van der Waals surface area (Å²) in [5, 5.41) is 7.60. The minimum absolute atomic E-state index is 0.0972. The standard InChI is InChI=1S/C21H18F2N6O/c1-12-11-30-9-8-29(12)18-10-15(14-2-3-17(22)26-21(14)23)13-4-6-24-20(19(13)27-18)16-5-7-25-28-16/h2-7,10,12H,8-9,11H2,1H3,(H,25,28)/t12-/m1/s1. The molecule has 152 valence electrons. The van der Waals surface area contributed by atoms with Gasteiger partial charge in [0, 0.05) is 29.9 Å². The van der Waals surface area contributed by atoms with Crippen LogP contribution in [0.5, 0.6) is 0 Å². The molecule has 0 bridgehead atoms. The molecule has 0 aromatic carbocycles. The summed E-state index contributed by atoms with van der Waals surface area (Å²) in [4.78, 5) is 14.8. The lowest BCUT2D eigenvalue weighted by Crippen LogP contribution is -2.44. The SMILES string of the molecule is C[C@@H]1COCCN1c1cc(-c2ccc(F)nc2F)c2ccnc(-c3ccn[nH]3)c2n1. The Bertz CT molecular complexity index is 1210. The zero-order chi connectivity index (χ0) is 20.7. The Hall–Kier alpha value is -3.46. The van der Waals surface area contributed by atoms with E-state index >= 15 is 0 Å². The molecule has 0 radical (unpaired) electrons. The fourth-order valence-electron chi connectivity index (χ4n) is 3.77. The molecule has 9 heteroatoms. The minimum Gasteiger partial charge on any atom is -0.377 e. The van der Waals surface area contributed by atoms with Crippen LogP contribution < -0.4 is 4.90 Å². The summed E-state index contributed by atoms with van der Waals surface area (Å²) in [7, 11) is 0. The van der Waals surface area contributed by atoms with Crippen molar-refractivity contribution in [1.82, 2.24) is 25.1 Å². The topological polar surface area (TPSA) is 79.8 Å². The first-order valence-electron chi connectivity index (χ1n) is 9.58. The van der Waals surface area contributed by atoms with Gasteiger partial charge < -0.3 is 9.64 Å². The molecule has 1 atom stereocenters. The fourth-order valence-corrected chi connectivity index (χ4v) is 3.77. The van der Waals surface area contributed by atoms with Crippen LogP contribution in [0.1, 0.15) is 6.92 Å². The van der Waals surface area contributed by atoms with Gasteiger partial charge >= 0.3 is 0 Å². The Kier molecular flexibility index (Phi) is 4.59. The van der Waals surface area contributed by atoms with Crippen molar-refractivity contribution in [1.29, 1.82) is 0 Å². The summed E-state index contributed by atoms with van der Waals surface area (Å²) in [6, 6.07) is 8.03. The number of pyridine rings is 3. The maximum absolute atomic E-state index is 14.7. The molecule has 4 aromatic heterocycles. The summed E-state index contributed by atoms with van der Waals surface area (Å²) in [6.45, 7) is 3.85. The molecule has 1 fully saturated rings. The molecule has 1 N–H and O–H groups in total. The zero-order valence-corrected chi connectivity index (χ0v) is 16.1. The van der Waals surface area contributed by atoms with Gasteiger partial charge in [0.05, 0.1) is 24.9 Å². The van der Waals surface area contributed by atoms with E-state index in [0.717, 1.165) is 6.07 Å². The molecule has 4 aromatic rings. The fraction of sp³-hybridized carbons (Fsp3) is 0.238. The maximum atomic E-state index is 14.7. The third-order valence-corrected chi connectivity index (χ3v) is 5.24. The molecule has 1 saturated heterocycles. The lowest BCUT2D eigenvalue weighted by molar-refractivity contribution is 0.0986. The predicted molar refractivity (Wildman–Crippen MR) is 108 cm³/mol. The summed E-state index contributed by atoms with van der Waals surface area (Å²) < 4.78 is 33.6. The Balaban J connectivity index is 1.80. The van der Waals surface area contributed by atoms with Crippen LogP contribution in [0.15, 0.2) is 42.7 Å². The monoisotopic (exact) mass is 408 g/mol. The number of H-pyrrole nitrogens is 1. The highest BCUT2D eigenvalue weighted by molar-refractivity contribution is 6.01. The van der Waals surface area contributed by atoms with Crippen LogP contribution in [0.4, 0.5) is 14.6 Å². The van der Waals surface area contributed by atoms with Gasteiger partial charge in [0.15, 0.2) is 0 Å². The van der Waals surface area contributed by atoms with Gasteiger partial charge in [0.1, 0.15) is 17.0 Å². The molecule has 0 unspecified atom stereocenters. The third kappa shape index (κ3) is 3.17. The predicted octanol–water partition coefficient (Wildman–Crippen LogP) is 3.59. The number of hydrogen-bond donors (Lipinski definition) is 1. The Morgan fingerprint density at radius 2 is 2.00 bits per heavy atom. The van der Waals surface area contributed by atoms with Crippen molar-refractivity contribution in [3.63, 3.8) is 0 Å². The van der Waals surface area contributed by atoms with Crippen LogP contribution in [0, 0.1) is 11.9 Å². The number of nitrogens with one attached hydrogen (secondary N) is 1. The molecule has 5 heterocycles. The number of fused-ring (bicyclic) bond motifs is 1. The van der Waals surface area contributed by atoms with Gasteiger partial charge in [0.25, 0.3) is 0 Å². The average molecular weight is 408 g/mol. The van der Waals surface area contributed by atoms with Gasteiger partial charge in [-0.05, 0) is 42.8 Å². The van der Waals surface area contributed by atoms with E-state index in [1.54, 1.807) is 24.5 Å². The normalized spacial score (nSPS) is 16.9. The highest BCUT2D eigenvalue weighted by Crippen LogP contribution is 2.36. The lowest BCUT2D eigenvalue weighted by atomic mass is 10.0. The van der Waals surface area contributed by atoms with Crippen LogP contribution in [0.2, 0.25) is 0 Å². The molecule has 1 aliphatic rings. The smallest absolute Gasteiger partial charge is 0.223 e. The first-order valence-corrected chi connectivity index (χ1v) is 9.58. The molecule has 7 nitrogen and oxygen atoms in total. The van der Waals surface area contributed by atoms with E-state index in [2.05, 4.69) is 25.1 Å². The van der Waals surface area contributed by atoms with Gasteiger partial charge in [-0.25, -0.2) is 4.98 Å². The van der Waals surface area contributed by atoms with Crippen LogP contribution in [0.3, 0.4) is 0 Å². The van der Waals surface area contributed by atoms with E-state index in [1.165, 1.54) is 6.07 Å². The van der Waals surface area contributed by atoms with Gasteiger partial charge in [-0.2, -0.15) is 18.9 Å². The molecule has 5 rings (SSSR count). The van der Waals surface area contributed by atoms with Gasteiger partial charge in [-0.1, -0.05) is 0 Å². The van der Waals surface area contributed by atoms with Crippen molar-refractivity contribution in [3.05, 3.63) is 54.6 Å². The Labute approximate surface area is 170 Å². The summed E-state index contributed by atoms with van der Waals surface area (Å²) in [5.41, 5.74) is 2.67. The van der Waals surface area contributed by atoms with Gasteiger partial charge in [0.2, 0.25) is 11.9 Å². The molecule has 0 aliphatic carbocycles. The van der Waals surface area contributed by atoms with Crippen LogP contribution in [-0.2, 0) is 4.74 Å². The first-order chi connectivity index (χ1) is 14.6. The lowest BCUT2D eigenvalue weighted by Gasteiger charge is -2.34. The van der Waals surface area contributed by atoms with Gasteiger partial charge in [-0.3, -0.25) is 10.1 Å². The number of aromatic nitrogens is 5. The highest BCUT2D eigenvalue weighted by Gasteiger charge is 2.24.